The van der Waals surface area contributed by atoms with Crippen LogP contribution in [0.25, 0.3) is 11.4 Å². The first kappa shape index (κ1) is 17.9. The zero-order valence-electron chi connectivity index (χ0n) is 14.6. The van der Waals surface area contributed by atoms with Gasteiger partial charge in [0.05, 0.1) is 11.6 Å². The fraction of sp³-hybridized carbons (Fsp3) is 0.211. The maximum atomic E-state index is 12.1. The number of carbonyl (C=O) groups excluding carboxylic acids is 1. The van der Waals surface area contributed by atoms with Crippen LogP contribution >= 0.6 is 23.4 Å². The van der Waals surface area contributed by atoms with Gasteiger partial charge in [0, 0.05) is 24.1 Å². The second-order valence-electron chi connectivity index (χ2n) is 6.11. The molecule has 0 radical (unpaired) electrons. The van der Waals surface area contributed by atoms with E-state index in [1.54, 1.807) is 4.90 Å². The first-order valence-electron chi connectivity index (χ1n) is 8.44. The Labute approximate surface area is 166 Å². The molecule has 1 atom stereocenters. The molecule has 0 aliphatic carbocycles. The zero-order chi connectivity index (χ0) is 18.8. The topological polar surface area (TPSA) is 60.2 Å². The Morgan fingerprint density at radius 3 is 2.67 bits per heavy atom. The molecule has 1 fully saturated rings. The summed E-state index contributed by atoms with van der Waals surface area (Å²) in [7, 11) is 1.90. The number of benzene rings is 2. The van der Waals surface area contributed by atoms with Gasteiger partial charge in [0.25, 0.3) is 0 Å². The summed E-state index contributed by atoms with van der Waals surface area (Å²) in [6, 6.07) is 17.1. The van der Waals surface area contributed by atoms with Gasteiger partial charge in [0.1, 0.15) is 6.10 Å². The van der Waals surface area contributed by atoms with E-state index in [2.05, 4.69) is 10.2 Å². The van der Waals surface area contributed by atoms with E-state index in [-0.39, 0.29) is 12.2 Å². The number of rotatable bonds is 5. The molecule has 0 N–H and O–H groups in total. The summed E-state index contributed by atoms with van der Waals surface area (Å²) in [5.41, 5.74) is 1.68. The molecule has 6 nitrogen and oxygen atoms in total. The van der Waals surface area contributed by atoms with Crippen LogP contribution in [-0.2, 0) is 11.8 Å². The molecule has 1 amide bonds. The van der Waals surface area contributed by atoms with Crippen LogP contribution in [0, 0.1) is 0 Å². The standard InChI is InChI=1S/C19H17ClN4O2S/c1-23-17(15-9-5-6-10-16(15)20)21-22-18(23)27-12-14-11-24(19(25)26-14)13-7-3-2-4-8-13/h2-10,14H,11-12H2,1H3/t14-/m0/s1. The Balaban J connectivity index is 1.43. The van der Waals surface area contributed by atoms with Crippen molar-refractivity contribution in [1.82, 2.24) is 14.8 Å². The van der Waals surface area contributed by atoms with Crippen molar-refractivity contribution in [2.24, 2.45) is 7.05 Å². The molecular weight excluding hydrogens is 384 g/mol. The van der Waals surface area contributed by atoms with Crippen molar-refractivity contribution in [2.75, 3.05) is 17.2 Å². The summed E-state index contributed by atoms with van der Waals surface area (Å²) < 4.78 is 7.39. The number of anilines is 1. The molecule has 27 heavy (non-hydrogen) atoms. The van der Waals surface area contributed by atoms with Crippen LogP contribution in [-0.4, -0.2) is 39.3 Å². The molecule has 0 bridgehead atoms. The van der Waals surface area contributed by atoms with Gasteiger partial charge < -0.3 is 9.30 Å². The van der Waals surface area contributed by atoms with Crippen molar-refractivity contribution in [1.29, 1.82) is 0 Å². The van der Waals surface area contributed by atoms with Crippen molar-refractivity contribution >= 4 is 35.1 Å². The third-order valence-corrected chi connectivity index (χ3v) is 5.77. The van der Waals surface area contributed by atoms with E-state index in [4.69, 9.17) is 16.3 Å². The summed E-state index contributed by atoms with van der Waals surface area (Å²) in [5.74, 6) is 1.31. The lowest BCUT2D eigenvalue weighted by molar-refractivity contribution is 0.151. The van der Waals surface area contributed by atoms with Crippen molar-refractivity contribution in [3.8, 4) is 11.4 Å². The van der Waals surface area contributed by atoms with Gasteiger partial charge in [-0.15, -0.1) is 10.2 Å². The first-order valence-corrected chi connectivity index (χ1v) is 9.80. The number of carbonyl (C=O) groups is 1. The predicted molar refractivity (Wildman–Crippen MR) is 106 cm³/mol. The van der Waals surface area contributed by atoms with E-state index in [1.807, 2.05) is 66.2 Å². The SMILES string of the molecule is Cn1c(SC[C@@H]2CN(c3ccccc3)C(=O)O2)nnc1-c1ccccc1Cl. The van der Waals surface area contributed by atoms with E-state index in [0.29, 0.717) is 23.1 Å². The quantitative estimate of drug-likeness (QED) is 0.599. The van der Waals surface area contributed by atoms with E-state index in [9.17, 15) is 4.79 Å². The molecule has 4 rings (SSSR count). The van der Waals surface area contributed by atoms with Gasteiger partial charge in [-0.2, -0.15) is 0 Å². The smallest absolute Gasteiger partial charge is 0.414 e. The minimum absolute atomic E-state index is 0.205. The Bertz CT molecular complexity index is 963. The highest BCUT2D eigenvalue weighted by atomic mass is 35.5. The molecule has 3 aromatic rings. The minimum atomic E-state index is -0.318. The zero-order valence-corrected chi connectivity index (χ0v) is 16.2. The molecule has 0 saturated carbocycles. The van der Waals surface area contributed by atoms with Crippen LogP contribution < -0.4 is 4.90 Å². The normalized spacial score (nSPS) is 16.6. The number of ether oxygens (including phenoxy) is 1. The van der Waals surface area contributed by atoms with Crippen LogP contribution in [0.4, 0.5) is 10.5 Å². The number of thioether (sulfide) groups is 1. The fourth-order valence-corrected chi connectivity index (χ4v) is 4.02. The molecule has 8 heteroatoms. The Hall–Kier alpha value is -2.51. The second-order valence-corrected chi connectivity index (χ2v) is 7.50. The highest BCUT2D eigenvalue weighted by Gasteiger charge is 2.32. The van der Waals surface area contributed by atoms with Crippen molar-refractivity contribution in [2.45, 2.75) is 11.3 Å². The fourth-order valence-electron chi connectivity index (χ4n) is 2.91. The third kappa shape index (κ3) is 3.65. The molecule has 2 aromatic carbocycles. The third-order valence-electron chi connectivity index (χ3n) is 4.29. The van der Waals surface area contributed by atoms with Crippen LogP contribution in [0.1, 0.15) is 0 Å². The van der Waals surface area contributed by atoms with E-state index < -0.39 is 0 Å². The van der Waals surface area contributed by atoms with Gasteiger partial charge >= 0.3 is 6.09 Å². The lowest BCUT2D eigenvalue weighted by Gasteiger charge is -2.12. The molecule has 1 aliphatic rings. The number of halogens is 1. The second kappa shape index (κ2) is 7.62. The number of aromatic nitrogens is 3. The highest BCUT2D eigenvalue weighted by molar-refractivity contribution is 7.99. The van der Waals surface area contributed by atoms with E-state index in [1.165, 1.54) is 11.8 Å². The largest absolute Gasteiger partial charge is 0.443 e. The number of cyclic esters (lactones) is 1. The molecule has 0 spiro atoms. The van der Waals surface area contributed by atoms with Crippen molar-refractivity contribution < 1.29 is 9.53 Å². The number of hydrogen-bond donors (Lipinski definition) is 0. The molecule has 0 unspecified atom stereocenters. The molecular formula is C19H17ClN4O2S. The molecule has 138 valence electrons. The summed E-state index contributed by atoms with van der Waals surface area (Å²) in [5, 5.41) is 9.89. The predicted octanol–water partition coefficient (Wildman–Crippen LogP) is 4.25. The molecule has 1 aliphatic heterocycles. The van der Waals surface area contributed by atoms with E-state index in [0.717, 1.165) is 16.4 Å². The van der Waals surface area contributed by atoms with Crippen LogP contribution in [0.2, 0.25) is 5.02 Å². The monoisotopic (exact) mass is 400 g/mol. The van der Waals surface area contributed by atoms with Gasteiger partial charge in [-0.25, -0.2) is 4.79 Å². The van der Waals surface area contributed by atoms with Gasteiger partial charge in [-0.3, -0.25) is 4.90 Å². The summed E-state index contributed by atoms with van der Waals surface area (Å²) in [6.45, 7) is 0.519. The van der Waals surface area contributed by atoms with Crippen LogP contribution in [0.3, 0.4) is 0 Å². The maximum Gasteiger partial charge on any atom is 0.414 e. The first-order chi connectivity index (χ1) is 13.1. The maximum absolute atomic E-state index is 12.1. The number of amides is 1. The molecule has 1 aromatic heterocycles. The number of nitrogens with zero attached hydrogens (tertiary/aromatic N) is 4. The van der Waals surface area contributed by atoms with Gasteiger partial charge in [0.2, 0.25) is 0 Å². The highest BCUT2D eigenvalue weighted by Crippen LogP contribution is 2.29. The van der Waals surface area contributed by atoms with Gasteiger partial charge in [0.15, 0.2) is 11.0 Å². The van der Waals surface area contributed by atoms with Crippen molar-refractivity contribution in [3.05, 3.63) is 59.6 Å². The summed E-state index contributed by atoms with van der Waals surface area (Å²) in [4.78, 5) is 13.8. The lowest BCUT2D eigenvalue weighted by Crippen LogP contribution is -2.24. The lowest BCUT2D eigenvalue weighted by atomic mass is 10.2. The molecule has 1 saturated heterocycles. The Morgan fingerprint density at radius 2 is 1.89 bits per heavy atom. The summed E-state index contributed by atoms with van der Waals surface area (Å²) in [6.07, 6.45) is -0.523. The Kier molecular flexibility index (Phi) is 5.05. The van der Waals surface area contributed by atoms with Gasteiger partial charge in [-0.05, 0) is 24.3 Å². The van der Waals surface area contributed by atoms with Gasteiger partial charge in [-0.1, -0.05) is 53.7 Å². The van der Waals surface area contributed by atoms with Crippen LogP contribution in [0.5, 0.6) is 0 Å². The average molecular weight is 401 g/mol. The Morgan fingerprint density at radius 1 is 1.15 bits per heavy atom. The number of hydrogen-bond acceptors (Lipinski definition) is 5. The van der Waals surface area contributed by atoms with E-state index >= 15 is 0 Å². The van der Waals surface area contributed by atoms with Crippen molar-refractivity contribution in [3.63, 3.8) is 0 Å². The summed E-state index contributed by atoms with van der Waals surface area (Å²) >= 11 is 7.77. The number of para-hydroxylation sites is 1. The van der Waals surface area contributed by atoms with Crippen LogP contribution in [0.15, 0.2) is 59.8 Å². The molecule has 2 heterocycles. The minimum Gasteiger partial charge on any atom is -0.443 e. The average Bonchev–Trinajstić information content (AvgIpc) is 3.24.